The van der Waals surface area contributed by atoms with Crippen LogP contribution in [0.4, 0.5) is 13.2 Å². The fourth-order valence-electron chi connectivity index (χ4n) is 7.98. The third-order valence-corrected chi connectivity index (χ3v) is 8.91. The van der Waals surface area contributed by atoms with Gasteiger partial charge in [0.1, 0.15) is 0 Å². The van der Waals surface area contributed by atoms with E-state index in [2.05, 4.69) is 26.8 Å². The number of hydrogen-bond donors (Lipinski definition) is 0. The summed E-state index contributed by atoms with van der Waals surface area (Å²) in [7, 11) is 0. The number of halogens is 3. The molecule has 0 aromatic rings. The molecule has 4 rings (SSSR count). The second-order valence-corrected chi connectivity index (χ2v) is 9.86. The van der Waals surface area contributed by atoms with Gasteiger partial charge in [-0.2, -0.15) is 13.2 Å². The van der Waals surface area contributed by atoms with Crippen molar-refractivity contribution in [2.75, 3.05) is 0 Å². The van der Waals surface area contributed by atoms with E-state index in [0.717, 1.165) is 30.6 Å². The van der Waals surface area contributed by atoms with Crippen LogP contribution in [0.1, 0.15) is 72.1 Å². The standard InChI is InChI=1S/C22H33F3/c1-4-15-11-13(2)20-19-7-5-14-12-16(22(23,24)25)6-8-17(14)18(19)9-10-21(15,20)3/h4,13-14,16-20H,5-12H2,1-3H3/b15-4-/t13?,14?,16?,17-,18?,19?,20?,21+/m0/s1. The minimum absolute atomic E-state index is 0.337. The topological polar surface area (TPSA) is 0 Å². The lowest BCUT2D eigenvalue weighted by molar-refractivity contribution is -0.195. The largest absolute Gasteiger partial charge is 0.391 e. The van der Waals surface area contributed by atoms with Crippen LogP contribution in [0.5, 0.6) is 0 Å². The molecule has 0 N–H and O–H groups in total. The SMILES string of the molecule is C/C=C1/CC(C)C2C3CCC4CC(C(F)(F)F)CC[C@@H]4C3CC[C@]12C. The summed E-state index contributed by atoms with van der Waals surface area (Å²) in [5, 5.41) is 0. The van der Waals surface area contributed by atoms with Crippen molar-refractivity contribution in [3.63, 3.8) is 0 Å². The van der Waals surface area contributed by atoms with E-state index in [4.69, 9.17) is 0 Å². The zero-order valence-electron chi connectivity index (χ0n) is 15.9. The fourth-order valence-corrected chi connectivity index (χ4v) is 7.98. The van der Waals surface area contributed by atoms with E-state index >= 15 is 0 Å². The molecule has 0 radical (unpaired) electrons. The summed E-state index contributed by atoms with van der Waals surface area (Å²) in [6.45, 7) is 7.10. The molecule has 0 amide bonds. The molecule has 4 fully saturated rings. The Morgan fingerprint density at radius 1 is 1.00 bits per heavy atom. The van der Waals surface area contributed by atoms with E-state index in [9.17, 15) is 13.2 Å². The number of alkyl halides is 3. The van der Waals surface area contributed by atoms with Crippen LogP contribution >= 0.6 is 0 Å². The molecule has 0 aliphatic heterocycles. The molecule has 4 aliphatic rings. The highest BCUT2D eigenvalue weighted by Gasteiger charge is 2.58. The Morgan fingerprint density at radius 2 is 1.72 bits per heavy atom. The summed E-state index contributed by atoms with van der Waals surface area (Å²) in [5.41, 5.74) is 2.03. The molecule has 4 aliphatic carbocycles. The lowest BCUT2D eigenvalue weighted by atomic mass is 9.49. The number of rotatable bonds is 0. The third-order valence-electron chi connectivity index (χ3n) is 8.91. The number of fused-ring (bicyclic) bond motifs is 5. The first kappa shape index (κ1) is 17.9. The van der Waals surface area contributed by atoms with E-state index in [-0.39, 0.29) is 0 Å². The van der Waals surface area contributed by atoms with Gasteiger partial charge in [-0.15, -0.1) is 0 Å². The monoisotopic (exact) mass is 354 g/mol. The number of allylic oxidation sites excluding steroid dienone is 2. The molecule has 0 heterocycles. The third kappa shape index (κ3) is 2.70. The zero-order chi connectivity index (χ0) is 18.0. The minimum Gasteiger partial charge on any atom is -0.171 e. The van der Waals surface area contributed by atoms with E-state index in [1.165, 1.54) is 25.7 Å². The molecule has 25 heavy (non-hydrogen) atoms. The van der Waals surface area contributed by atoms with Crippen molar-refractivity contribution in [1.29, 1.82) is 0 Å². The van der Waals surface area contributed by atoms with E-state index < -0.39 is 12.1 Å². The van der Waals surface area contributed by atoms with E-state index in [1.54, 1.807) is 5.57 Å². The summed E-state index contributed by atoms with van der Waals surface area (Å²) in [6, 6.07) is 0. The van der Waals surface area contributed by atoms with Crippen molar-refractivity contribution in [3.05, 3.63) is 11.6 Å². The van der Waals surface area contributed by atoms with Gasteiger partial charge in [0.15, 0.2) is 0 Å². The Morgan fingerprint density at radius 3 is 2.40 bits per heavy atom. The molecule has 4 saturated carbocycles. The van der Waals surface area contributed by atoms with E-state index in [1.807, 2.05) is 0 Å². The van der Waals surface area contributed by atoms with Crippen molar-refractivity contribution in [1.82, 2.24) is 0 Å². The molecular weight excluding hydrogens is 321 g/mol. The fraction of sp³-hybridized carbons (Fsp3) is 0.909. The second-order valence-electron chi connectivity index (χ2n) is 9.86. The van der Waals surface area contributed by atoms with Gasteiger partial charge in [-0.1, -0.05) is 25.5 Å². The molecule has 6 unspecified atom stereocenters. The molecule has 0 saturated heterocycles. The molecular formula is C22H33F3. The van der Waals surface area contributed by atoms with Crippen molar-refractivity contribution in [3.8, 4) is 0 Å². The van der Waals surface area contributed by atoms with Crippen LogP contribution in [-0.4, -0.2) is 6.18 Å². The van der Waals surface area contributed by atoms with Crippen molar-refractivity contribution >= 4 is 0 Å². The predicted octanol–water partition coefficient (Wildman–Crippen LogP) is 7.01. The Labute approximate surface area is 150 Å². The van der Waals surface area contributed by atoms with Crippen molar-refractivity contribution < 1.29 is 13.2 Å². The van der Waals surface area contributed by atoms with Crippen molar-refractivity contribution in [2.45, 2.75) is 78.3 Å². The molecule has 0 bridgehead atoms. The van der Waals surface area contributed by atoms with Gasteiger partial charge in [-0.25, -0.2) is 0 Å². The van der Waals surface area contributed by atoms with Gasteiger partial charge in [-0.05, 0) is 99.2 Å². The van der Waals surface area contributed by atoms with Gasteiger partial charge in [0.2, 0.25) is 0 Å². The Kier molecular flexibility index (Phi) is 4.32. The molecule has 8 atom stereocenters. The first-order valence-corrected chi connectivity index (χ1v) is 10.5. The van der Waals surface area contributed by atoms with Crippen LogP contribution in [0.2, 0.25) is 0 Å². The van der Waals surface area contributed by atoms with Crippen LogP contribution in [0.25, 0.3) is 0 Å². The Bertz CT molecular complexity index is 548. The number of hydrogen-bond acceptors (Lipinski definition) is 0. The average Bonchev–Trinajstić information content (AvgIpc) is 2.83. The smallest absolute Gasteiger partial charge is 0.171 e. The zero-order valence-corrected chi connectivity index (χ0v) is 15.9. The van der Waals surface area contributed by atoms with Crippen LogP contribution in [-0.2, 0) is 0 Å². The first-order valence-electron chi connectivity index (χ1n) is 10.5. The predicted molar refractivity (Wildman–Crippen MR) is 95.0 cm³/mol. The lowest BCUT2D eigenvalue weighted by Gasteiger charge is -2.56. The summed E-state index contributed by atoms with van der Waals surface area (Å²) in [5.74, 6) is 2.84. The summed E-state index contributed by atoms with van der Waals surface area (Å²) in [6.07, 6.45) is 5.97. The maximum absolute atomic E-state index is 13.2. The first-order chi connectivity index (χ1) is 11.8. The second kappa shape index (κ2) is 6.02. The van der Waals surface area contributed by atoms with Crippen molar-refractivity contribution in [2.24, 2.45) is 46.8 Å². The van der Waals surface area contributed by atoms with Gasteiger partial charge >= 0.3 is 6.18 Å². The maximum atomic E-state index is 13.2. The van der Waals surface area contributed by atoms with Gasteiger partial charge in [0.05, 0.1) is 5.92 Å². The quantitative estimate of drug-likeness (QED) is 0.410. The normalized spacial score (nSPS) is 51.8. The Balaban J connectivity index is 1.55. The van der Waals surface area contributed by atoms with Gasteiger partial charge in [0, 0.05) is 0 Å². The van der Waals surface area contributed by atoms with E-state index in [0.29, 0.717) is 36.0 Å². The maximum Gasteiger partial charge on any atom is 0.391 e. The van der Waals surface area contributed by atoms with Crippen LogP contribution in [0.3, 0.4) is 0 Å². The highest BCUT2D eigenvalue weighted by atomic mass is 19.4. The van der Waals surface area contributed by atoms with Crippen LogP contribution in [0, 0.1) is 46.8 Å². The van der Waals surface area contributed by atoms with Crippen LogP contribution < -0.4 is 0 Å². The van der Waals surface area contributed by atoms with Crippen LogP contribution in [0.15, 0.2) is 11.6 Å². The lowest BCUT2D eigenvalue weighted by Crippen LogP contribution is -2.49. The highest BCUT2D eigenvalue weighted by Crippen LogP contribution is 2.66. The van der Waals surface area contributed by atoms with Gasteiger partial charge in [-0.3, -0.25) is 0 Å². The molecule has 3 heteroatoms. The minimum atomic E-state index is -3.98. The molecule has 0 aromatic carbocycles. The molecule has 0 spiro atoms. The summed E-state index contributed by atoms with van der Waals surface area (Å²) >= 11 is 0. The summed E-state index contributed by atoms with van der Waals surface area (Å²) < 4.78 is 39.6. The highest BCUT2D eigenvalue weighted by molar-refractivity contribution is 5.24. The Hall–Kier alpha value is -0.470. The molecule has 0 nitrogen and oxygen atoms in total. The molecule has 0 aromatic heterocycles. The average molecular weight is 355 g/mol. The molecule has 142 valence electrons. The van der Waals surface area contributed by atoms with Gasteiger partial charge < -0.3 is 0 Å². The van der Waals surface area contributed by atoms with Gasteiger partial charge in [0.25, 0.3) is 0 Å². The summed E-state index contributed by atoms with van der Waals surface area (Å²) in [4.78, 5) is 0.